The average molecular weight is 301 g/mol. The van der Waals surface area contributed by atoms with Crippen LogP contribution in [-0.2, 0) is 9.59 Å². The lowest BCUT2D eigenvalue weighted by atomic mass is 10.00. The highest BCUT2D eigenvalue weighted by atomic mass is 32.1. The minimum Gasteiger partial charge on any atom is -0.333 e. The number of aliphatic imine (C=N–C) groups is 1. The number of carbonyl (C=O) groups excluding carboxylic acids is 2. The maximum Gasteiger partial charge on any atom is 0.262 e. The molecule has 0 radical (unpaired) electrons. The summed E-state index contributed by atoms with van der Waals surface area (Å²) >= 11 is 1.78. The van der Waals surface area contributed by atoms with Gasteiger partial charge in [0.25, 0.3) is 5.91 Å². The Kier molecular flexibility index (Phi) is 20.9. The molecule has 5 nitrogen and oxygen atoms in total. The van der Waals surface area contributed by atoms with Crippen LogP contribution in [0.5, 0.6) is 0 Å². The molecule has 0 fully saturated rings. The number of nitrogens with two attached hydrogens (primary N) is 2. The highest BCUT2D eigenvalue weighted by Crippen LogP contribution is 2.05. The summed E-state index contributed by atoms with van der Waals surface area (Å²) in [5, 5.41) is 2.08. The second kappa shape index (κ2) is 17.6. The molecule has 0 saturated heterocycles. The molecular formula is C14H27N3O2S. The van der Waals surface area contributed by atoms with E-state index < -0.39 is 6.04 Å². The molecule has 6 heteroatoms. The van der Waals surface area contributed by atoms with Crippen molar-refractivity contribution < 1.29 is 9.59 Å². The van der Waals surface area contributed by atoms with E-state index in [1.807, 2.05) is 20.6 Å². The molecule has 0 aromatic carbocycles. The SMILES string of the molecule is C=NC(=O)C(N)[C@@H](C)CC.C=O.CN.Cc1cccs1. The predicted molar refractivity (Wildman–Crippen MR) is 88.3 cm³/mol. The van der Waals surface area contributed by atoms with Crippen molar-refractivity contribution in [2.45, 2.75) is 33.2 Å². The van der Waals surface area contributed by atoms with Crippen molar-refractivity contribution >= 4 is 30.8 Å². The van der Waals surface area contributed by atoms with Gasteiger partial charge in [-0.15, -0.1) is 11.3 Å². The zero-order valence-electron chi connectivity index (χ0n) is 12.8. The van der Waals surface area contributed by atoms with E-state index in [1.165, 1.54) is 11.9 Å². The van der Waals surface area contributed by atoms with Gasteiger partial charge in [-0.3, -0.25) is 4.79 Å². The lowest BCUT2D eigenvalue weighted by molar-refractivity contribution is -0.119. The largest absolute Gasteiger partial charge is 0.333 e. The van der Waals surface area contributed by atoms with Crippen LogP contribution in [0.1, 0.15) is 25.1 Å². The number of amides is 1. The first-order valence-electron chi connectivity index (χ1n) is 6.15. The standard InChI is InChI=1S/C7H14N2O.C5H6S.CH5N.CH2O/c1-4-5(2)6(8)7(10)9-3;1-5-3-2-4-6-5;2*1-2/h5-6H,3-4,8H2,1-2H3;2-4H,1H3;2H2,1H3;1H2/t5-,6?;;;/m0.../s1. The second-order valence-electron chi connectivity index (χ2n) is 3.63. The topological polar surface area (TPSA) is 98.5 Å². The normalized spacial score (nSPS) is 11.1. The second-order valence-corrected chi connectivity index (χ2v) is 4.78. The molecule has 0 saturated carbocycles. The lowest BCUT2D eigenvalue weighted by Gasteiger charge is -2.13. The molecule has 1 aromatic heterocycles. The maximum atomic E-state index is 10.8. The van der Waals surface area contributed by atoms with E-state index >= 15 is 0 Å². The molecule has 1 unspecified atom stereocenters. The fourth-order valence-corrected chi connectivity index (χ4v) is 1.49. The molecule has 0 aliphatic carbocycles. The van der Waals surface area contributed by atoms with Crippen molar-refractivity contribution in [1.29, 1.82) is 0 Å². The zero-order chi connectivity index (χ0) is 16.6. The summed E-state index contributed by atoms with van der Waals surface area (Å²) in [6.07, 6.45) is 0.891. The van der Waals surface area contributed by atoms with Crippen molar-refractivity contribution in [3.8, 4) is 0 Å². The Balaban J connectivity index is -0.000000245. The van der Waals surface area contributed by atoms with Crippen LogP contribution in [0.15, 0.2) is 22.5 Å². The molecular weight excluding hydrogens is 274 g/mol. The van der Waals surface area contributed by atoms with Gasteiger partial charge in [0.05, 0.1) is 6.04 Å². The Morgan fingerprint density at radius 3 is 2.15 bits per heavy atom. The van der Waals surface area contributed by atoms with Gasteiger partial charge in [0, 0.05) is 4.88 Å². The summed E-state index contributed by atoms with van der Waals surface area (Å²) in [4.78, 5) is 23.4. The number of rotatable bonds is 3. The number of aryl methyl sites for hydroxylation is 1. The van der Waals surface area contributed by atoms with Gasteiger partial charge >= 0.3 is 0 Å². The minimum atomic E-state index is -0.470. The van der Waals surface area contributed by atoms with E-state index in [0.29, 0.717) is 0 Å². The number of hydrogen-bond acceptors (Lipinski definition) is 5. The van der Waals surface area contributed by atoms with Crippen molar-refractivity contribution in [3.05, 3.63) is 22.4 Å². The van der Waals surface area contributed by atoms with Crippen LogP contribution < -0.4 is 11.5 Å². The van der Waals surface area contributed by atoms with Crippen molar-refractivity contribution in [1.82, 2.24) is 0 Å². The minimum absolute atomic E-state index is 0.193. The summed E-state index contributed by atoms with van der Waals surface area (Å²) in [5.41, 5.74) is 10.00. The van der Waals surface area contributed by atoms with E-state index in [0.717, 1.165) is 6.42 Å². The number of hydrogen-bond donors (Lipinski definition) is 2. The van der Waals surface area contributed by atoms with Gasteiger partial charge in [0.1, 0.15) is 6.79 Å². The molecule has 1 heterocycles. The maximum absolute atomic E-state index is 10.8. The van der Waals surface area contributed by atoms with E-state index in [9.17, 15) is 4.79 Å². The Bertz CT molecular complexity index is 329. The number of thiophene rings is 1. The quantitative estimate of drug-likeness (QED) is 0.834. The van der Waals surface area contributed by atoms with Crippen LogP contribution in [0.4, 0.5) is 0 Å². The molecule has 4 N–H and O–H groups in total. The lowest BCUT2D eigenvalue weighted by Crippen LogP contribution is -2.35. The van der Waals surface area contributed by atoms with Gasteiger partial charge in [-0.1, -0.05) is 26.3 Å². The van der Waals surface area contributed by atoms with Gasteiger partial charge in [-0.05, 0) is 38.1 Å². The third-order valence-corrected chi connectivity index (χ3v) is 3.16. The summed E-state index contributed by atoms with van der Waals surface area (Å²) in [7, 11) is 1.50. The van der Waals surface area contributed by atoms with Crippen LogP contribution >= 0.6 is 11.3 Å². The summed E-state index contributed by atoms with van der Waals surface area (Å²) in [6, 6.07) is 3.69. The first kappa shape index (κ1) is 23.7. The smallest absolute Gasteiger partial charge is 0.262 e. The number of carbonyl (C=O) groups is 2. The molecule has 116 valence electrons. The summed E-state index contributed by atoms with van der Waals surface area (Å²) in [5.74, 6) is -0.118. The Labute approximate surface area is 126 Å². The average Bonchev–Trinajstić information content (AvgIpc) is 3.00. The first-order valence-corrected chi connectivity index (χ1v) is 7.03. The molecule has 0 aliphatic heterocycles. The molecule has 1 aromatic rings. The van der Waals surface area contributed by atoms with Crippen molar-refractivity contribution in [2.24, 2.45) is 22.4 Å². The van der Waals surface area contributed by atoms with Crippen LogP contribution in [0, 0.1) is 12.8 Å². The molecule has 1 amide bonds. The van der Waals surface area contributed by atoms with Gasteiger partial charge in [-0.25, -0.2) is 4.99 Å². The highest BCUT2D eigenvalue weighted by Gasteiger charge is 2.17. The van der Waals surface area contributed by atoms with Crippen LogP contribution in [0.2, 0.25) is 0 Å². The van der Waals surface area contributed by atoms with E-state index in [1.54, 1.807) is 11.3 Å². The van der Waals surface area contributed by atoms with Gasteiger partial charge in [-0.2, -0.15) is 0 Å². The van der Waals surface area contributed by atoms with Gasteiger partial charge in [0.15, 0.2) is 0 Å². The fourth-order valence-electron chi connectivity index (χ4n) is 0.963. The molecule has 0 aliphatic rings. The Morgan fingerprint density at radius 2 is 1.95 bits per heavy atom. The Hall–Kier alpha value is -1.37. The van der Waals surface area contributed by atoms with Crippen molar-refractivity contribution in [3.63, 3.8) is 0 Å². The van der Waals surface area contributed by atoms with Crippen molar-refractivity contribution in [2.75, 3.05) is 7.05 Å². The summed E-state index contributed by atoms with van der Waals surface area (Å²) < 4.78 is 0. The summed E-state index contributed by atoms with van der Waals surface area (Å²) in [6.45, 7) is 11.1. The molecule has 0 spiro atoms. The monoisotopic (exact) mass is 301 g/mol. The highest BCUT2D eigenvalue weighted by molar-refractivity contribution is 7.09. The predicted octanol–water partition coefficient (Wildman–Crippen LogP) is 2.03. The van der Waals surface area contributed by atoms with Crippen LogP contribution in [-0.4, -0.2) is 32.5 Å². The molecule has 0 bridgehead atoms. The first-order chi connectivity index (χ1) is 9.52. The van der Waals surface area contributed by atoms with E-state index in [-0.39, 0.29) is 11.8 Å². The number of nitrogens with zero attached hydrogens (tertiary/aromatic N) is 1. The van der Waals surface area contributed by atoms with Crippen LogP contribution in [0.25, 0.3) is 0 Å². The van der Waals surface area contributed by atoms with E-state index in [4.69, 9.17) is 10.5 Å². The van der Waals surface area contributed by atoms with Crippen LogP contribution in [0.3, 0.4) is 0 Å². The molecule has 20 heavy (non-hydrogen) atoms. The van der Waals surface area contributed by atoms with Gasteiger partial charge < -0.3 is 16.3 Å². The third-order valence-electron chi connectivity index (χ3n) is 2.36. The molecule has 1 rings (SSSR count). The fraction of sp³-hybridized carbons (Fsp3) is 0.500. The van der Waals surface area contributed by atoms with Gasteiger partial charge in [0.2, 0.25) is 0 Å². The zero-order valence-corrected chi connectivity index (χ0v) is 13.7. The Morgan fingerprint density at radius 1 is 1.45 bits per heavy atom. The molecule has 2 atom stereocenters. The third kappa shape index (κ3) is 13.1. The van der Waals surface area contributed by atoms with E-state index in [2.05, 4.69) is 41.9 Å².